The molecule has 2 heterocycles. The molecule has 0 saturated carbocycles. The number of benzene rings is 2. The minimum Gasteiger partial charge on any atom is -0.374 e. The van der Waals surface area contributed by atoms with Crippen LogP contribution in [-0.2, 0) is 20.6 Å². The minimum absolute atomic E-state index is 0.0719. The van der Waals surface area contributed by atoms with E-state index in [1.54, 1.807) is 24.3 Å². The second-order valence-electron chi connectivity index (χ2n) is 8.67. The molecule has 2 aromatic rings. The number of amides is 1. The van der Waals surface area contributed by atoms with Gasteiger partial charge in [-0.3, -0.25) is 4.79 Å². The Hall–Kier alpha value is -2.35. The van der Waals surface area contributed by atoms with Gasteiger partial charge in [0.2, 0.25) is 15.9 Å². The van der Waals surface area contributed by atoms with Gasteiger partial charge < -0.3 is 9.80 Å². The Morgan fingerprint density at radius 2 is 1.67 bits per heavy atom. The highest BCUT2D eigenvalue weighted by Crippen LogP contribution is 2.24. The first-order chi connectivity index (χ1) is 15.9. The van der Waals surface area contributed by atoms with Gasteiger partial charge in [0.1, 0.15) is 0 Å². The van der Waals surface area contributed by atoms with Gasteiger partial charge >= 0.3 is 0 Å². The summed E-state index contributed by atoms with van der Waals surface area (Å²) in [7, 11) is -3.49. The maximum Gasteiger partial charge on any atom is 0.227 e. The molecular formula is C25H30ClN3O3S. The summed E-state index contributed by atoms with van der Waals surface area (Å²) in [4.78, 5) is 17.3. The first kappa shape index (κ1) is 23.8. The summed E-state index contributed by atoms with van der Waals surface area (Å²) in [6, 6.07) is 17.0. The summed E-state index contributed by atoms with van der Waals surface area (Å²) in [6.07, 6.45) is 5.61. The zero-order chi connectivity index (χ0) is 23.3. The topological polar surface area (TPSA) is 60.9 Å². The third-order valence-corrected chi connectivity index (χ3v) is 8.36. The molecule has 1 atom stereocenters. The van der Waals surface area contributed by atoms with E-state index in [1.165, 1.54) is 4.31 Å². The van der Waals surface area contributed by atoms with Crippen LogP contribution in [-0.4, -0.2) is 67.7 Å². The standard InChI is InChI=1S/C25H30ClN3O3S/c26-24-10-8-22(9-11-24)20-33(31,32)29-13-4-7-23(19-29)25(30)28-17-15-27(16-18-28)14-12-21-5-2-1-3-6-21/h1-3,5-6,8-12,14,23H,4,7,13,15-20H2/b14-12+/t23-/m1/s1. The maximum atomic E-state index is 13.2. The zero-order valence-corrected chi connectivity index (χ0v) is 20.2. The Morgan fingerprint density at radius 1 is 0.970 bits per heavy atom. The second-order valence-corrected chi connectivity index (χ2v) is 11.1. The summed E-state index contributed by atoms with van der Waals surface area (Å²) in [5, 5.41) is 0.579. The lowest BCUT2D eigenvalue weighted by molar-refractivity contribution is -0.138. The smallest absolute Gasteiger partial charge is 0.227 e. The largest absolute Gasteiger partial charge is 0.374 e. The van der Waals surface area contributed by atoms with E-state index in [4.69, 9.17) is 11.6 Å². The molecule has 4 rings (SSSR count). The Labute approximate surface area is 201 Å². The summed E-state index contributed by atoms with van der Waals surface area (Å²) in [5.41, 5.74) is 1.85. The number of carbonyl (C=O) groups excluding carboxylic acids is 1. The summed E-state index contributed by atoms with van der Waals surface area (Å²) in [5.74, 6) is -0.268. The molecule has 0 N–H and O–H groups in total. The average molecular weight is 488 g/mol. The number of carbonyl (C=O) groups is 1. The summed E-state index contributed by atoms with van der Waals surface area (Å²) < 4.78 is 27.4. The van der Waals surface area contributed by atoms with Gasteiger partial charge in [-0.1, -0.05) is 54.1 Å². The number of halogens is 1. The van der Waals surface area contributed by atoms with Crippen LogP contribution < -0.4 is 0 Å². The van der Waals surface area contributed by atoms with E-state index in [2.05, 4.69) is 29.3 Å². The highest BCUT2D eigenvalue weighted by Gasteiger charge is 2.35. The molecule has 2 aliphatic rings. The van der Waals surface area contributed by atoms with E-state index in [9.17, 15) is 13.2 Å². The van der Waals surface area contributed by atoms with Crippen molar-refractivity contribution in [2.75, 3.05) is 39.3 Å². The summed E-state index contributed by atoms with van der Waals surface area (Å²) in [6.45, 7) is 3.61. The van der Waals surface area contributed by atoms with Gasteiger partial charge in [0, 0.05) is 44.3 Å². The third-order valence-electron chi connectivity index (χ3n) is 6.29. The van der Waals surface area contributed by atoms with Crippen molar-refractivity contribution in [2.45, 2.75) is 18.6 Å². The molecule has 33 heavy (non-hydrogen) atoms. The van der Waals surface area contributed by atoms with Crippen LogP contribution in [0.1, 0.15) is 24.0 Å². The normalized spacial score (nSPS) is 20.3. The lowest BCUT2D eigenvalue weighted by Crippen LogP contribution is -2.52. The van der Waals surface area contributed by atoms with E-state index in [0.29, 0.717) is 36.6 Å². The number of sulfonamides is 1. The van der Waals surface area contributed by atoms with Crippen molar-refractivity contribution in [3.8, 4) is 0 Å². The van der Waals surface area contributed by atoms with E-state index in [0.717, 1.165) is 25.1 Å². The lowest BCUT2D eigenvalue weighted by atomic mass is 9.98. The molecule has 176 valence electrons. The molecule has 0 radical (unpaired) electrons. The molecule has 2 fully saturated rings. The molecule has 6 nitrogen and oxygen atoms in total. The van der Waals surface area contributed by atoms with Gasteiger partial charge in [0.15, 0.2) is 0 Å². The third kappa shape index (κ3) is 6.37. The number of piperazine rings is 1. The molecule has 2 aliphatic heterocycles. The molecule has 2 aromatic carbocycles. The fourth-order valence-electron chi connectivity index (χ4n) is 4.38. The Balaban J connectivity index is 1.30. The van der Waals surface area contributed by atoms with Gasteiger partial charge in [0.05, 0.1) is 11.7 Å². The van der Waals surface area contributed by atoms with E-state index < -0.39 is 10.0 Å². The van der Waals surface area contributed by atoms with Crippen molar-refractivity contribution < 1.29 is 13.2 Å². The molecular weight excluding hydrogens is 458 g/mol. The van der Waals surface area contributed by atoms with Crippen molar-refractivity contribution in [1.29, 1.82) is 0 Å². The quantitative estimate of drug-likeness (QED) is 0.623. The first-order valence-corrected chi connectivity index (χ1v) is 13.4. The monoisotopic (exact) mass is 487 g/mol. The number of nitrogens with zero attached hydrogens (tertiary/aromatic N) is 3. The van der Waals surface area contributed by atoms with Crippen molar-refractivity contribution in [3.63, 3.8) is 0 Å². The molecule has 0 aliphatic carbocycles. The van der Waals surface area contributed by atoms with Crippen molar-refractivity contribution in [2.24, 2.45) is 5.92 Å². The first-order valence-electron chi connectivity index (χ1n) is 11.4. The van der Waals surface area contributed by atoms with E-state index >= 15 is 0 Å². The van der Waals surface area contributed by atoms with Crippen LogP contribution in [0.5, 0.6) is 0 Å². The maximum absolute atomic E-state index is 13.2. The predicted octanol–water partition coefficient (Wildman–Crippen LogP) is 3.70. The van der Waals surface area contributed by atoms with Crippen LogP contribution in [0.3, 0.4) is 0 Å². The Bertz CT molecular complexity index is 1070. The predicted molar refractivity (Wildman–Crippen MR) is 132 cm³/mol. The number of hydrogen-bond donors (Lipinski definition) is 0. The van der Waals surface area contributed by atoms with Gasteiger partial charge in [-0.2, -0.15) is 0 Å². The molecule has 0 unspecified atom stereocenters. The number of rotatable bonds is 6. The molecule has 0 aromatic heterocycles. The van der Waals surface area contributed by atoms with Crippen LogP contribution in [0.15, 0.2) is 60.8 Å². The van der Waals surface area contributed by atoms with Gasteiger partial charge in [-0.05, 0) is 48.4 Å². The van der Waals surface area contributed by atoms with Crippen molar-refractivity contribution in [1.82, 2.24) is 14.1 Å². The highest BCUT2D eigenvalue weighted by molar-refractivity contribution is 7.88. The molecule has 0 spiro atoms. The minimum atomic E-state index is -3.49. The number of hydrogen-bond acceptors (Lipinski definition) is 4. The molecule has 2 saturated heterocycles. The fraction of sp³-hybridized carbons (Fsp3) is 0.400. The van der Waals surface area contributed by atoms with Crippen LogP contribution >= 0.6 is 11.6 Å². The van der Waals surface area contributed by atoms with Crippen molar-refractivity contribution in [3.05, 3.63) is 76.9 Å². The van der Waals surface area contributed by atoms with Crippen LogP contribution in [0.25, 0.3) is 6.08 Å². The average Bonchev–Trinajstić information content (AvgIpc) is 2.85. The number of piperidine rings is 1. The molecule has 1 amide bonds. The highest BCUT2D eigenvalue weighted by atomic mass is 35.5. The zero-order valence-electron chi connectivity index (χ0n) is 18.6. The fourth-order valence-corrected chi connectivity index (χ4v) is 6.12. The van der Waals surface area contributed by atoms with E-state index in [-0.39, 0.29) is 24.1 Å². The SMILES string of the molecule is O=C([C@@H]1CCCN(S(=O)(=O)Cc2ccc(Cl)cc2)C1)N1CCN(/C=C/c2ccccc2)CC1. The Morgan fingerprint density at radius 3 is 2.36 bits per heavy atom. The van der Waals surface area contributed by atoms with Gasteiger partial charge in [-0.25, -0.2) is 12.7 Å². The van der Waals surface area contributed by atoms with Crippen LogP contribution in [0.2, 0.25) is 5.02 Å². The van der Waals surface area contributed by atoms with Gasteiger partial charge in [0.25, 0.3) is 0 Å². The Kier molecular flexibility index (Phi) is 7.73. The van der Waals surface area contributed by atoms with Crippen molar-refractivity contribution >= 4 is 33.6 Å². The van der Waals surface area contributed by atoms with E-state index in [1.807, 2.05) is 23.1 Å². The lowest BCUT2D eigenvalue weighted by Gasteiger charge is -2.38. The van der Waals surface area contributed by atoms with Crippen LogP contribution in [0, 0.1) is 5.92 Å². The summed E-state index contributed by atoms with van der Waals surface area (Å²) >= 11 is 5.91. The van der Waals surface area contributed by atoms with Gasteiger partial charge in [-0.15, -0.1) is 0 Å². The molecule has 0 bridgehead atoms. The second kappa shape index (κ2) is 10.7. The van der Waals surface area contributed by atoms with Crippen LogP contribution in [0.4, 0.5) is 0 Å². The molecule has 8 heteroatoms.